The zero-order valence-electron chi connectivity index (χ0n) is 12.4. The van der Waals surface area contributed by atoms with Gasteiger partial charge in [0.05, 0.1) is 11.3 Å². The number of carbonyl (C=O) groups is 1. The Labute approximate surface area is 124 Å². The van der Waals surface area contributed by atoms with Crippen LogP contribution < -0.4 is 0 Å². The summed E-state index contributed by atoms with van der Waals surface area (Å²) >= 11 is 1.25. The molecule has 1 saturated heterocycles. The van der Waals surface area contributed by atoms with E-state index in [0.29, 0.717) is 6.61 Å². The second-order valence-electron chi connectivity index (χ2n) is 7.14. The van der Waals surface area contributed by atoms with Gasteiger partial charge < -0.3 is 4.74 Å². The fourth-order valence-corrected chi connectivity index (χ4v) is 4.09. The number of carbonyl (C=O) groups excluding carboxylic acids is 1. The molecule has 4 nitrogen and oxygen atoms in total. The number of rotatable bonds is 2. The molecule has 0 aromatic carbocycles. The summed E-state index contributed by atoms with van der Waals surface area (Å²) in [5.74, 6) is 0.326. The zero-order valence-corrected chi connectivity index (χ0v) is 13.3. The van der Waals surface area contributed by atoms with E-state index in [1.807, 2.05) is 0 Å². The summed E-state index contributed by atoms with van der Waals surface area (Å²) < 4.78 is 9.93. The second kappa shape index (κ2) is 4.88. The molecular formula is C15H22N2O2S. The molecule has 1 aliphatic heterocycles. The van der Waals surface area contributed by atoms with Crippen LogP contribution >= 0.6 is 11.5 Å². The molecule has 3 rings (SSSR count). The molecule has 1 aromatic heterocycles. The van der Waals surface area contributed by atoms with Crippen LogP contribution in [0, 0.1) is 5.92 Å². The molecule has 5 heteroatoms. The fraction of sp³-hybridized carbons (Fsp3) is 0.800. The number of Topliss-reactive ketones (excluding diaryl/α,β-unsaturated/α-hetero) is 1. The van der Waals surface area contributed by atoms with E-state index in [9.17, 15) is 4.79 Å². The lowest BCUT2D eigenvalue weighted by molar-refractivity contribution is -0.137. The SMILES string of the molecule is CC(C)(C)c1nnsc1C(=O)C1CCOC2(CCC2)C1. The molecule has 1 aromatic rings. The van der Waals surface area contributed by atoms with Gasteiger partial charge in [-0.05, 0) is 43.6 Å². The Morgan fingerprint density at radius 1 is 1.40 bits per heavy atom. The molecule has 0 N–H and O–H groups in total. The van der Waals surface area contributed by atoms with Crippen LogP contribution in [0.4, 0.5) is 0 Å². The minimum absolute atomic E-state index is 0.0125. The smallest absolute Gasteiger partial charge is 0.179 e. The maximum absolute atomic E-state index is 12.8. The molecular weight excluding hydrogens is 272 g/mol. The molecule has 1 atom stereocenters. The van der Waals surface area contributed by atoms with Crippen LogP contribution in [0.5, 0.6) is 0 Å². The van der Waals surface area contributed by atoms with Crippen molar-refractivity contribution >= 4 is 17.3 Å². The van der Waals surface area contributed by atoms with Crippen LogP contribution in [0.15, 0.2) is 0 Å². The molecule has 0 radical (unpaired) electrons. The standard InChI is InChI=1S/C15H22N2O2S/c1-14(2,3)13-12(20-17-16-13)11(18)10-5-8-19-15(9-10)6-4-7-15/h10H,4-9H2,1-3H3. The Hall–Kier alpha value is -0.810. The molecule has 0 bridgehead atoms. The largest absolute Gasteiger partial charge is 0.375 e. The van der Waals surface area contributed by atoms with Gasteiger partial charge in [0, 0.05) is 17.9 Å². The summed E-state index contributed by atoms with van der Waals surface area (Å²) in [5.41, 5.74) is 0.734. The van der Waals surface area contributed by atoms with Gasteiger partial charge in [-0.15, -0.1) is 5.10 Å². The summed E-state index contributed by atoms with van der Waals surface area (Å²) in [4.78, 5) is 13.6. The van der Waals surface area contributed by atoms with Gasteiger partial charge in [0.25, 0.3) is 0 Å². The Balaban J connectivity index is 1.81. The molecule has 2 heterocycles. The van der Waals surface area contributed by atoms with Gasteiger partial charge in [0.2, 0.25) is 0 Å². The van der Waals surface area contributed by atoms with Gasteiger partial charge >= 0.3 is 0 Å². The van der Waals surface area contributed by atoms with Gasteiger partial charge in [0.1, 0.15) is 4.88 Å². The van der Waals surface area contributed by atoms with E-state index in [4.69, 9.17) is 4.74 Å². The summed E-state index contributed by atoms with van der Waals surface area (Å²) in [5, 5.41) is 4.19. The lowest BCUT2D eigenvalue weighted by Crippen LogP contribution is -2.47. The first-order chi connectivity index (χ1) is 9.41. The minimum atomic E-state index is -0.128. The van der Waals surface area contributed by atoms with Crippen molar-refractivity contribution in [3.8, 4) is 0 Å². The quantitative estimate of drug-likeness (QED) is 0.785. The molecule has 1 spiro atoms. The van der Waals surface area contributed by atoms with E-state index < -0.39 is 0 Å². The van der Waals surface area contributed by atoms with Crippen LogP contribution in [0.3, 0.4) is 0 Å². The molecule has 1 saturated carbocycles. The molecule has 0 amide bonds. The molecule has 2 aliphatic rings. The Morgan fingerprint density at radius 3 is 2.75 bits per heavy atom. The molecule has 1 unspecified atom stereocenters. The van der Waals surface area contributed by atoms with Crippen LogP contribution in [-0.4, -0.2) is 27.6 Å². The highest BCUT2D eigenvalue weighted by atomic mass is 32.1. The maximum atomic E-state index is 12.8. The minimum Gasteiger partial charge on any atom is -0.375 e. The number of nitrogens with zero attached hydrogens (tertiary/aromatic N) is 2. The van der Waals surface area contributed by atoms with Crippen LogP contribution in [0.2, 0.25) is 0 Å². The van der Waals surface area contributed by atoms with E-state index in [1.54, 1.807) is 0 Å². The van der Waals surface area contributed by atoms with E-state index in [2.05, 4.69) is 30.4 Å². The number of ether oxygens (including phenoxy) is 1. The third kappa shape index (κ3) is 2.42. The van der Waals surface area contributed by atoms with Crippen LogP contribution in [0.25, 0.3) is 0 Å². The van der Waals surface area contributed by atoms with Gasteiger partial charge in [-0.1, -0.05) is 25.3 Å². The highest BCUT2D eigenvalue weighted by Crippen LogP contribution is 2.45. The normalized spacial score (nSPS) is 25.4. The van der Waals surface area contributed by atoms with E-state index >= 15 is 0 Å². The van der Waals surface area contributed by atoms with E-state index in [1.165, 1.54) is 18.0 Å². The highest BCUT2D eigenvalue weighted by molar-refractivity contribution is 7.08. The molecule has 20 heavy (non-hydrogen) atoms. The van der Waals surface area contributed by atoms with Gasteiger partial charge in [-0.2, -0.15) is 0 Å². The summed E-state index contributed by atoms with van der Waals surface area (Å²) in [6.45, 7) is 6.96. The van der Waals surface area contributed by atoms with Crippen molar-refractivity contribution in [2.75, 3.05) is 6.61 Å². The third-order valence-corrected chi connectivity index (χ3v) is 5.29. The van der Waals surface area contributed by atoms with E-state index in [0.717, 1.165) is 36.3 Å². The zero-order chi connectivity index (χ0) is 14.4. The van der Waals surface area contributed by atoms with Crippen molar-refractivity contribution in [1.82, 2.24) is 9.59 Å². The average molecular weight is 294 g/mol. The predicted molar refractivity (Wildman–Crippen MR) is 78.2 cm³/mol. The highest BCUT2D eigenvalue weighted by Gasteiger charge is 2.45. The molecule has 1 aliphatic carbocycles. The lowest BCUT2D eigenvalue weighted by atomic mass is 9.71. The predicted octanol–water partition coefficient (Wildman–Crippen LogP) is 3.37. The Bertz CT molecular complexity index is 514. The fourth-order valence-electron chi connectivity index (χ4n) is 3.20. The van der Waals surface area contributed by atoms with Gasteiger partial charge in [-0.25, -0.2) is 0 Å². The van der Waals surface area contributed by atoms with Crippen molar-refractivity contribution in [3.63, 3.8) is 0 Å². The monoisotopic (exact) mass is 294 g/mol. The second-order valence-corrected chi connectivity index (χ2v) is 7.89. The van der Waals surface area contributed by atoms with Crippen molar-refractivity contribution in [3.05, 3.63) is 10.6 Å². The summed E-state index contributed by atoms with van der Waals surface area (Å²) in [6, 6.07) is 0. The first-order valence-corrected chi connectivity index (χ1v) is 8.20. The van der Waals surface area contributed by atoms with Crippen molar-refractivity contribution in [2.45, 2.75) is 63.9 Å². The summed E-state index contributed by atoms with van der Waals surface area (Å²) in [7, 11) is 0. The lowest BCUT2D eigenvalue weighted by Gasteiger charge is -2.46. The number of hydrogen-bond acceptors (Lipinski definition) is 5. The van der Waals surface area contributed by atoms with Crippen molar-refractivity contribution < 1.29 is 9.53 Å². The number of aromatic nitrogens is 2. The molecule has 110 valence electrons. The van der Waals surface area contributed by atoms with Gasteiger partial charge in [-0.3, -0.25) is 4.79 Å². The third-order valence-electron chi connectivity index (χ3n) is 4.55. The average Bonchev–Trinajstić information content (AvgIpc) is 2.85. The van der Waals surface area contributed by atoms with E-state index in [-0.39, 0.29) is 22.7 Å². The first kappa shape index (κ1) is 14.1. The number of ketones is 1. The Kier molecular flexibility index (Phi) is 3.45. The Morgan fingerprint density at radius 2 is 2.15 bits per heavy atom. The number of hydrogen-bond donors (Lipinski definition) is 0. The van der Waals surface area contributed by atoms with Crippen LogP contribution in [-0.2, 0) is 10.2 Å². The van der Waals surface area contributed by atoms with Crippen LogP contribution in [0.1, 0.15) is 68.2 Å². The maximum Gasteiger partial charge on any atom is 0.179 e. The molecule has 2 fully saturated rings. The topological polar surface area (TPSA) is 52.1 Å². The van der Waals surface area contributed by atoms with Crippen molar-refractivity contribution in [1.29, 1.82) is 0 Å². The van der Waals surface area contributed by atoms with Gasteiger partial charge in [0.15, 0.2) is 5.78 Å². The summed E-state index contributed by atoms with van der Waals surface area (Å²) in [6.07, 6.45) is 5.18. The van der Waals surface area contributed by atoms with Crippen molar-refractivity contribution in [2.24, 2.45) is 5.92 Å². The first-order valence-electron chi connectivity index (χ1n) is 7.42.